The normalized spacial score (nSPS) is 10.7. The predicted molar refractivity (Wildman–Crippen MR) is 81.0 cm³/mol. The number of amides is 1. The summed E-state index contributed by atoms with van der Waals surface area (Å²) in [6.45, 7) is 1.77. The Kier molecular flexibility index (Phi) is 3.08. The molecule has 6 heteroatoms. The van der Waals surface area contributed by atoms with Gasteiger partial charge in [-0.05, 0) is 19.1 Å². The van der Waals surface area contributed by atoms with Gasteiger partial charge in [0.25, 0.3) is 5.91 Å². The van der Waals surface area contributed by atoms with E-state index < -0.39 is 0 Å². The molecule has 3 N–H and O–H groups in total. The molecule has 100 valence electrons. The molecule has 0 saturated carbocycles. The van der Waals surface area contributed by atoms with Crippen molar-refractivity contribution >= 4 is 39.0 Å². The maximum Gasteiger partial charge on any atom is 0.267 e. The lowest BCUT2D eigenvalue weighted by Crippen LogP contribution is -2.12. The van der Waals surface area contributed by atoms with E-state index >= 15 is 0 Å². The maximum absolute atomic E-state index is 12.3. The van der Waals surface area contributed by atoms with E-state index in [-0.39, 0.29) is 5.91 Å². The van der Waals surface area contributed by atoms with Crippen LogP contribution < -0.4 is 11.1 Å². The standard InChI is InChI=1S/C14H12N4OS/c1-8-12(20-14(15)17-8)13(19)18-10-6-2-4-9-5-3-7-16-11(9)10/h2-7H,1H3,(H2,15,17)(H,18,19). The van der Waals surface area contributed by atoms with Crippen LogP contribution in [0.3, 0.4) is 0 Å². The molecule has 2 heterocycles. The number of para-hydroxylation sites is 1. The molecule has 5 nitrogen and oxygen atoms in total. The number of thiazole rings is 1. The van der Waals surface area contributed by atoms with Crippen LogP contribution in [0.15, 0.2) is 36.5 Å². The third kappa shape index (κ3) is 2.21. The highest BCUT2D eigenvalue weighted by Crippen LogP contribution is 2.24. The Morgan fingerprint density at radius 3 is 2.85 bits per heavy atom. The van der Waals surface area contributed by atoms with Crippen molar-refractivity contribution in [3.8, 4) is 0 Å². The SMILES string of the molecule is Cc1nc(N)sc1C(=O)Nc1cccc2cccnc12. The van der Waals surface area contributed by atoms with Crippen molar-refractivity contribution in [3.05, 3.63) is 47.1 Å². The molecule has 0 saturated heterocycles. The highest BCUT2D eigenvalue weighted by Gasteiger charge is 2.15. The van der Waals surface area contributed by atoms with Crippen molar-refractivity contribution in [2.75, 3.05) is 11.1 Å². The molecular formula is C14H12N4OS. The number of rotatable bonds is 2. The summed E-state index contributed by atoms with van der Waals surface area (Å²) in [6.07, 6.45) is 1.70. The van der Waals surface area contributed by atoms with Gasteiger partial charge in [0.15, 0.2) is 5.13 Å². The van der Waals surface area contributed by atoms with E-state index in [0.29, 0.717) is 21.4 Å². The van der Waals surface area contributed by atoms with E-state index in [2.05, 4.69) is 15.3 Å². The van der Waals surface area contributed by atoms with Crippen LogP contribution in [0.4, 0.5) is 10.8 Å². The van der Waals surface area contributed by atoms with Gasteiger partial charge < -0.3 is 11.1 Å². The van der Waals surface area contributed by atoms with Crippen LogP contribution in [0.2, 0.25) is 0 Å². The van der Waals surface area contributed by atoms with Gasteiger partial charge in [0.05, 0.1) is 16.9 Å². The third-order valence-electron chi connectivity index (χ3n) is 2.90. The molecule has 0 atom stereocenters. The van der Waals surface area contributed by atoms with Gasteiger partial charge >= 0.3 is 0 Å². The molecule has 3 rings (SSSR count). The molecule has 0 aliphatic heterocycles. The van der Waals surface area contributed by atoms with Crippen LogP contribution in [0.1, 0.15) is 15.4 Å². The number of fused-ring (bicyclic) bond motifs is 1. The molecule has 0 unspecified atom stereocenters. The molecule has 1 aromatic carbocycles. The third-order valence-corrected chi connectivity index (χ3v) is 3.89. The molecule has 3 aromatic rings. The van der Waals surface area contributed by atoms with Gasteiger partial charge in [-0.1, -0.05) is 29.5 Å². The van der Waals surface area contributed by atoms with Gasteiger partial charge in [-0.15, -0.1) is 0 Å². The van der Waals surface area contributed by atoms with Gasteiger partial charge in [-0.2, -0.15) is 0 Å². The van der Waals surface area contributed by atoms with Gasteiger partial charge in [-0.25, -0.2) is 4.98 Å². The zero-order chi connectivity index (χ0) is 14.1. The number of carbonyl (C=O) groups is 1. The first-order chi connectivity index (χ1) is 9.65. The highest BCUT2D eigenvalue weighted by atomic mass is 32.1. The van der Waals surface area contributed by atoms with Crippen molar-refractivity contribution in [1.29, 1.82) is 0 Å². The number of aryl methyl sites for hydroxylation is 1. The minimum absolute atomic E-state index is 0.213. The van der Waals surface area contributed by atoms with E-state index in [0.717, 1.165) is 10.9 Å². The van der Waals surface area contributed by atoms with Crippen molar-refractivity contribution in [1.82, 2.24) is 9.97 Å². The average molecular weight is 284 g/mol. The molecule has 20 heavy (non-hydrogen) atoms. The molecule has 0 radical (unpaired) electrons. The van der Waals surface area contributed by atoms with E-state index in [9.17, 15) is 4.79 Å². The Labute approximate surface area is 119 Å². The summed E-state index contributed by atoms with van der Waals surface area (Å²) < 4.78 is 0. The Hall–Kier alpha value is -2.47. The lowest BCUT2D eigenvalue weighted by Gasteiger charge is -2.07. The summed E-state index contributed by atoms with van der Waals surface area (Å²) in [6, 6.07) is 9.48. The second kappa shape index (κ2) is 4.90. The van der Waals surface area contributed by atoms with E-state index in [1.54, 1.807) is 13.1 Å². The number of carbonyl (C=O) groups excluding carboxylic acids is 1. The quantitative estimate of drug-likeness (QED) is 0.758. The highest BCUT2D eigenvalue weighted by molar-refractivity contribution is 7.17. The number of aromatic nitrogens is 2. The predicted octanol–water partition coefficient (Wildman–Crippen LogP) is 2.83. The van der Waals surface area contributed by atoms with Crippen LogP contribution >= 0.6 is 11.3 Å². The molecule has 0 fully saturated rings. The Balaban J connectivity index is 1.97. The summed E-state index contributed by atoms with van der Waals surface area (Å²) in [5, 5.41) is 4.24. The van der Waals surface area contributed by atoms with Gasteiger partial charge in [-0.3, -0.25) is 9.78 Å². The molecular weight excluding hydrogens is 272 g/mol. The van der Waals surface area contributed by atoms with Crippen LogP contribution in [-0.4, -0.2) is 15.9 Å². The Bertz CT molecular complexity index is 791. The maximum atomic E-state index is 12.3. The summed E-state index contributed by atoms with van der Waals surface area (Å²) in [4.78, 5) is 21.2. The molecule has 0 aliphatic rings. The fourth-order valence-electron chi connectivity index (χ4n) is 2.01. The Morgan fingerprint density at radius 1 is 1.30 bits per heavy atom. The fraction of sp³-hybridized carbons (Fsp3) is 0.0714. The lowest BCUT2D eigenvalue weighted by molar-refractivity contribution is 0.103. The largest absolute Gasteiger partial charge is 0.375 e. The molecule has 2 aromatic heterocycles. The zero-order valence-corrected chi connectivity index (χ0v) is 11.6. The summed E-state index contributed by atoms with van der Waals surface area (Å²) in [7, 11) is 0. The minimum Gasteiger partial charge on any atom is -0.375 e. The number of nitrogens with zero attached hydrogens (tertiary/aromatic N) is 2. The fourth-order valence-corrected chi connectivity index (χ4v) is 2.74. The summed E-state index contributed by atoms with van der Waals surface area (Å²) >= 11 is 1.18. The van der Waals surface area contributed by atoms with E-state index in [1.165, 1.54) is 11.3 Å². The first-order valence-corrected chi connectivity index (χ1v) is 6.85. The monoisotopic (exact) mass is 284 g/mol. The minimum atomic E-state index is -0.213. The second-order valence-electron chi connectivity index (χ2n) is 4.30. The van der Waals surface area contributed by atoms with Gasteiger partial charge in [0.1, 0.15) is 4.88 Å². The number of nitrogens with one attached hydrogen (secondary N) is 1. The summed E-state index contributed by atoms with van der Waals surface area (Å²) in [5.74, 6) is -0.213. The van der Waals surface area contributed by atoms with Crippen molar-refractivity contribution < 1.29 is 4.79 Å². The van der Waals surface area contributed by atoms with Gasteiger partial charge in [0.2, 0.25) is 0 Å². The number of anilines is 2. The number of hydrogen-bond donors (Lipinski definition) is 2. The van der Waals surface area contributed by atoms with E-state index in [4.69, 9.17) is 5.73 Å². The lowest BCUT2D eigenvalue weighted by atomic mass is 10.2. The number of pyridine rings is 1. The number of benzene rings is 1. The second-order valence-corrected chi connectivity index (χ2v) is 5.33. The topological polar surface area (TPSA) is 80.9 Å². The van der Waals surface area contributed by atoms with Crippen molar-refractivity contribution in [2.45, 2.75) is 6.92 Å². The zero-order valence-electron chi connectivity index (χ0n) is 10.8. The Morgan fingerprint density at radius 2 is 2.10 bits per heavy atom. The number of nitrogens with two attached hydrogens (primary N) is 1. The molecule has 0 spiro atoms. The molecule has 0 aliphatic carbocycles. The first kappa shape index (κ1) is 12.6. The van der Waals surface area contributed by atoms with Crippen LogP contribution in [0.5, 0.6) is 0 Å². The summed E-state index contributed by atoms with van der Waals surface area (Å²) in [5.41, 5.74) is 7.70. The van der Waals surface area contributed by atoms with Crippen LogP contribution in [-0.2, 0) is 0 Å². The first-order valence-electron chi connectivity index (χ1n) is 6.03. The molecule has 1 amide bonds. The van der Waals surface area contributed by atoms with Crippen molar-refractivity contribution in [2.24, 2.45) is 0 Å². The van der Waals surface area contributed by atoms with Crippen molar-refractivity contribution in [3.63, 3.8) is 0 Å². The van der Waals surface area contributed by atoms with Crippen LogP contribution in [0, 0.1) is 6.92 Å². The number of hydrogen-bond acceptors (Lipinski definition) is 5. The number of nitrogen functional groups attached to an aromatic ring is 1. The van der Waals surface area contributed by atoms with E-state index in [1.807, 2.05) is 30.3 Å². The van der Waals surface area contributed by atoms with Gasteiger partial charge in [0, 0.05) is 11.6 Å². The average Bonchev–Trinajstić information content (AvgIpc) is 2.78. The molecule has 0 bridgehead atoms. The smallest absolute Gasteiger partial charge is 0.267 e. The van der Waals surface area contributed by atoms with Crippen LogP contribution in [0.25, 0.3) is 10.9 Å².